The quantitative estimate of drug-likeness (QED) is 0.294. The van der Waals surface area contributed by atoms with Crippen LogP contribution >= 0.6 is 0 Å². The lowest BCUT2D eigenvalue weighted by atomic mass is 9.89. The van der Waals surface area contributed by atoms with Crippen molar-refractivity contribution in [1.82, 2.24) is 24.6 Å². The SMILES string of the molecule is CN(C)C1CCC(N(CC(=O)O)c2ccc3cnc(Nc4ccc(-n5ccc(CO)n5)cc4F)cc3n2)CC1. The highest BCUT2D eigenvalue weighted by atomic mass is 19.1. The lowest BCUT2D eigenvalue weighted by Crippen LogP contribution is -2.44. The lowest BCUT2D eigenvalue weighted by Gasteiger charge is -2.38. The predicted octanol–water partition coefficient (Wildman–Crippen LogP) is 3.95. The fraction of sp³-hybridized carbons (Fsp3) is 0.357. The summed E-state index contributed by atoms with van der Waals surface area (Å²) in [5.74, 6) is -0.368. The third kappa shape index (κ3) is 5.99. The van der Waals surface area contributed by atoms with Crippen LogP contribution in [0.5, 0.6) is 0 Å². The predicted molar refractivity (Wildman–Crippen MR) is 147 cm³/mol. The molecule has 0 radical (unpaired) electrons. The van der Waals surface area contributed by atoms with Gasteiger partial charge in [0.25, 0.3) is 0 Å². The molecule has 3 N–H and O–H groups in total. The van der Waals surface area contributed by atoms with Crippen molar-refractivity contribution >= 4 is 34.2 Å². The average Bonchev–Trinajstić information content (AvgIpc) is 3.42. The van der Waals surface area contributed by atoms with Gasteiger partial charge in [-0.2, -0.15) is 5.10 Å². The van der Waals surface area contributed by atoms with Crippen molar-refractivity contribution in [3.05, 3.63) is 66.4 Å². The van der Waals surface area contributed by atoms with E-state index in [1.807, 2.05) is 17.0 Å². The maximum absolute atomic E-state index is 14.9. The molecule has 10 nitrogen and oxygen atoms in total. The van der Waals surface area contributed by atoms with Crippen molar-refractivity contribution in [2.45, 2.75) is 44.4 Å². The van der Waals surface area contributed by atoms with Crippen molar-refractivity contribution in [2.75, 3.05) is 30.9 Å². The summed E-state index contributed by atoms with van der Waals surface area (Å²) in [4.78, 5) is 25.0. The number of hydrogen-bond donors (Lipinski definition) is 3. The van der Waals surface area contributed by atoms with Crippen LogP contribution in [0.1, 0.15) is 31.4 Å². The number of nitrogens with one attached hydrogen (secondary N) is 1. The van der Waals surface area contributed by atoms with Gasteiger partial charge in [-0.05, 0) is 70.1 Å². The van der Waals surface area contributed by atoms with E-state index in [-0.39, 0.29) is 24.9 Å². The zero-order valence-corrected chi connectivity index (χ0v) is 22.0. The Hall–Kier alpha value is -4.09. The maximum Gasteiger partial charge on any atom is 0.323 e. The second-order valence-electron chi connectivity index (χ2n) is 10.1. The summed E-state index contributed by atoms with van der Waals surface area (Å²) in [5.41, 5.74) is 1.88. The Labute approximate surface area is 225 Å². The fourth-order valence-corrected chi connectivity index (χ4v) is 5.14. The van der Waals surface area contributed by atoms with Gasteiger partial charge in [0.2, 0.25) is 0 Å². The number of pyridine rings is 2. The molecule has 1 aliphatic rings. The zero-order valence-electron chi connectivity index (χ0n) is 22.0. The number of anilines is 3. The number of aliphatic hydroxyl groups is 1. The van der Waals surface area contributed by atoms with Crippen LogP contribution < -0.4 is 10.2 Å². The van der Waals surface area contributed by atoms with Gasteiger partial charge < -0.3 is 25.3 Å². The molecule has 0 aliphatic heterocycles. The Morgan fingerprint density at radius 3 is 2.54 bits per heavy atom. The normalized spacial score (nSPS) is 17.5. The molecule has 5 rings (SSSR count). The van der Waals surface area contributed by atoms with Gasteiger partial charge in [-0.1, -0.05) is 0 Å². The number of rotatable bonds is 9. The minimum absolute atomic E-state index is 0.0949. The van der Waals surface area contributed by atoms with E-state index < -0.39 is 11.8 Å². The zero-order chi connectivity index (χ0) is 27.5. The number of aliphatic hydroxyl groups excluding tert-OH is 1. The topological polar surface area (TPSA) is 120 Å². The van der Waals surface area contributed by atoms with Crippen LogP contribution in [0, 0.1) is 5.82 Å². The lowest BCUT2D eigenvalue weighted by molar-refractivity contribution is -0.135. The van der Waals surface area contributed by atoms with E-state index in [1.54, 1.807) is 36.7 Å². The first-order valence-electron chi connectivity index (χ1n) is 12.9. The molecule has 4 aromatic rings. The summed E-state index contributed by atoms with van der Waals surface area (Å²) in [6.45, 7) is -0.316. The summed E-state index contributed by atoms with van der Waals surface area (Å²) in [5, 5.41) is 26.8. The second kappa shape index (κ2) is 11.3. The first kappa shape index (κ1) is 26.5. The van der Waals surface area contributed by atoms with E-state index in [4.69, 9.17) is 4.98 Å². The highest BCUT2D eigenvalue weighted by molar-refractivity contribution is 5.83. The standard InChI is InChI=1S/C28H32FN7O3/c1-34(2)20-4-6-21(7-5-20)35(16-28(38)39)27-10-3-18-15-30-26(14-25(18)32-27)31-24-9-8-22(13-23(24)29)36-12-11-19(17-37)33-36/h3,8-15,20-21,37H,4-7,16-17H2,1-2H3,(H,30,31)(H,38,39). The van der Waals surface area contributed by atoms with Crippen molar-refractivity contribution in [3.8, 4) is 5.69 Å². The highest BCUT2D eigenvalue weighted by Crippen LogP contribution is 2.30. The number of fused-ring (bicyclic) bond motifs is 1. The average molecular weight is 534 g/mol. The molecule has 0 atom stereocenters. The van der Waals surface area contributed by atoms with Crippen LogP contribution in [0.3, 0.4) is 0 Å². The fourth-order valence-electron chi connectivity index (χ4n) is 5.14. The number of aliphatic carboxylic acids is 1. The van der Waals surface area contributed by atoms with Crippen LogP contribution in [0.15, 0.2) is 54.9 Å². The van der Waals surface area contributed by atoms with E-state index in [1.165, 1.54) is 10.7 Å². The largest absolute Gasteiger partial charge is 0.480 e. The third-order valence-electron chi connectivity index (χ3n) is 7.28. The van der Waals surface area contributed by atoms with Crippen LogP contribution in [-0.4, -0.2) is 73.6 Å². The molecule has 1 fully saturated rings. The number of carboxylic acid groups (broad SMARTS) is 1. The Morgan fingerprint density at radius 1 is 1.10 bits per heavy atom. The van der Waals surface area contributed by atoms with Crippen LogP contribution in [0.25, 0.3) is 16.6 Å². The molecular formula is C28H32FN7O3. The summed E-state index contributed by atoms with van der Waals surface area (Å²) in [7, 11) is 4.16. The van der Waals surface area contributed by atoms with Crippen molar-refractivity contribution < 1.29 is 19.4 Å². The number of nitrogens with zero attached hydrogens (tertiary/aromatic N) is 6. The van der Waals surface area contributed by atoms with Gasteiger partial charge in [0.1, 0.15) is 24.0 Å². The van der Waals surface area contributed by atoms with Crippen LogP contribution in [-0.2, 0) is 11.4 Å². The Balaban J connectivity index is 1.37. The van der Waals surface area contributed by atoms with E-state index in [9.17, 15) is 19.4 Å². The van der Waals surface area contributed by atoms with Gasteiger partial charge in [0.05, 0.1) is 29.2 Å². The monoisotopic (exact) mass is 533 g/mol. The van der Waals surface area contributed by atoms with Crippen LogP contribution in [0.2, 0.25) is 0 Å². The molecule has 0 amide bonds. The van der Waals surface area contributed by atoms with Gasteiger partial charge in [0.15, 0.2) is 0 Å². The number of halogens is 1. The molecular weight excluding hydrogens is 501 g/mol. The van der Waals surface area contributed by atoms with E-state index in [0.29, 0.717) is 34.6 Å². The molecule has 11 heteroatoms. The summed E-state index contributed by atoms with van der Waals surface area (Å²) >= 11 is 0. The molecule has 204 valence electrons. The molecule has 1 aromatic carbocycles. The molecule has 3 aromatic heterocycles. The molecule has 1 saturated carbocycles. The number of carboxylic acids is 1. The molecule has 0 unspecified atom stereocenters. The van der Waals surface area contributed by atoms with E-state index in [0.717, 1.165) is 31.1 Å². The number of carbonyl (C=O) groups is 1. The van der Waals surface area contributed by atoms with Crippen molar-refractivity contribution in [3.63, 3.8) is 0 Å². The first-order valence-corrected chi connectivity index (χ1v) is 12.9. The minimum atomic E-state index is -0.898. The van der Waals surface area contributed by atoms with Crippen LogP contribution in [0.4, 0.5) is 21.7 Å². The van der Waals surface area contributed by atoms with Gasteiger partial charge >= 0.3 is 5.97 Å². The summed E-state index contributed by atoms with van der Waals surface area (Å²) in [6, 6.07) is 12.4. The molecule has 0 bridgehead atoms. The highest BCUT2D eigenvalue weighted by Gasteiger charge is 2.29. The Morgan fingerprint density at radius 2 is 1.87 bits per heavy atom. The summed E-state index contributed by atoms with van der Waals surface area (Å²) < 4.78 is 16.4. The molecule has 0 spiro atoms. The smallest absolute Gasteiger partial charge is 0.323 e. The molecule has 3 heterocycles. The van der Waals surface area contributed by atoms with Crippen molar-refractivity contribution in [1.29, 1.82) is 0 Å². The van der Waals surface area contributed by atoms with Gasteiger partial charge in [-0.25, -0.2) is 19.0 Å². The third-order valence-corrected chi connectivity index (χ3v) is 7.28. The maximum atomic E-state index is 14.9. The number of hydrogen-bond acceptors (Lipinski definition) is 8. The number of benzene rings is 1. The first-order chi connectivity index (χ1) is 18.8. The number of aromatic nitrogens is 4. The minimum Gasteiger partial charge on any atom is -0.480 e. The molecule has 0 saturated heterocycles. The van der Waals surface area contributed by atoms with E-state index >= 15 is 0 Å². The Bertz CT molecular complexity index is 1470. The van der Waals surface area contributed by atoms with Crippen molar-refractivity contribution in [2.24, 2.45) is 0 Å². The van der Waals surface area contributed by atoms with Gasteiger partial charge in [-0.3, -0.25) is 4.79 Å². The Kier molecular flexibility index (Phi) is 7.71. The van der Waals surface area contributed by atoms with Gasteiger partial charge in [-0.15, -0.1) is 0 Å². The second-order valence-corrected chi connectivity index (χ2v) is 10.1. The van der Waals surface area contributed by atoms with Gasteiger partial charge in [0, 0.05) is 42.0 Å². The van der Waals surface area contributed by atoms with E-state index in [2.05, 4.69) is 34.4 Å². The summed E-state index contributed by atoms with van der Waals surface area (Å²) in [6.07, 6.45) is 7.12. The molecule has 39 heavy (non-hydrogen) atoms. The molecule has 1 aliphatic carbocycles.